The highest BCUT2D eigenvalue weighted by molar-refractivity contribution is 5.89. The normalized spacial score (nSPS) is 12.5. The SMILES string of the molecule is CC(C)C[C@H](NC(=O)Cn1ccc2cc(-c3cnc4ccccc4c3)ccc21)c1nn[nH]n1. The molecule has 8 nitrogen and oxygen atoms in total. The van der Waals surface area contributed by atoms with Crippen LogP contribution in [0.3, 0.4) is 0 Å². The van der Waals surface area contributed by atoms with Crippen LogP contribution in [0.5, 0.6) is 0 Å². The second kappa shape index (κ2) is 8.82. The molecular formula is C25H25N7O. The number of hydrogen-bond donors (Lipinski definition) is 2. The smallest absolute Gasteiger partial charge is 0.240 e. The van der Waals surface area contributed by atoms with Crippen LogP contribution in [0.15, 0.2) is 67.0 Å². The van der Waals surface area contributed by atoms with Gasteiger partial charge in [0.2, 0.25) is 5.91 Å². The molecule has 5 aromatic rings. The van der Waals surface area contributed by atoms with E-state index >= 15 is 0 Å². The Hall–Kier alpha value is -4.07. The second-order valence-electron chi connectivity index (χ2n) is 8.65. The van der Waals surface area contributed by atoms with E-state index in [1.54, 1.807) is 0 Å². The van der Waals surface area contributed by atoms with Crippen molar-refractivity contribution < 1.29 is 4.79 Å². The molecule has 0 aliphatic rings. The first-order chi connectivity index (χ1) is 16.1. The Kier molecular flexibility index (Phi) is 5.56. The molecule has 0 bridgehead atoms. The summed E-state index contributed by atoms with van der Waals surface area (Å²) in [6.45, 7) is 4.41. The third-order valence-corrected chi connectivity index (χ3v) is 5.72. The number of H-pyrrole nitrogens is 1. The zero-order valence-electron chi connectivity index (χ0n) is 18.6. The molecule has 0 aliphatic heterocycles. The number of aromatic nitrogens is 6. The quantitative estimate of drug-likeness (QED) is 0.394. The molecule has 0 fully saturated rings. The van der Waals surface area contributed by atoms with Crippen LogP contribution in [0.2, 0.25) is 0 Å². The van der Waals surface area contributed by atoms with Gasteiger partial charge in [0.1, 0.15) is 6.54 Å². The Morgan fingerprint density at radius 2 is 1.91 bits per heavy atom. The second-order valence-corrected chi connectivity index (χ2v) is 8.65. The molecule has 8 heteroatoms. The first-order valence-corrected chi connectivity index (χ1v) is 11.0. The Bertz CT molecular complexity index is 1410. The van der Waals surface area contributed by atoms with E-state index in [4.69, 9.17) is 0 Å². The molecule has 33 heavy (non-hydrogen) atoms. The number of pyridine rings is 1. The van der Waals surface area contributed by atoms with E-state index in [0.717, 1.165) is 39.4 Å². The predicted octanol–water partition coefficient (Wildman–Crippen LogP) is 4.27. The van der Waals surface area contributed by atoms with Crippen LogP contribution < -0.4 is 5.32 Å². The molecular weight excluding hydrogens is 414 g/mol. The van der Waals surface area contributed by atoms with Crippen molar-refractivity contribution in [3.8, 4) is 11.1 Å². The van der Waals surface area contributed by atoms with Gasteiger partial charge >= 0.3 is 0 Å². The lowest BCUT2D eigenvalue weighted by atomic mass is 10.0. The zero-order chi connectivity index (χ0) is 22.8. The zero-order valence-corrected chi connectivity index (χ0v) is 18.6. The van der Waals surface area contributed by atoms with Gasteiger partial charge in [0, 0.05) is 34.2 Å². The van der Waals surface area contributed by atoms with E-state index in [0.29, 0.717) is 11.7 Å². The van der Waals surface area contributed by atoms with Crippen molar-refractivity contribution in [1.29, 1.82) is 0 Å². The van der Waals surface area contributed by atoms with Gasteiger partial charge in [0.25, 0.3) is 0 Å². The summed E-state index contributed by atoms with van der Waals surface area (Å²) >= 11 is 0. The number of amides is 1. The van der Waals surface area contributed by atoms with Crippen LogP contribution in [0.4, 0.5) is 0 Å². The van der Waals surface area contributed by atoms with E-state index in [1.165, 1.54) is 0 Å². The number of hydrogen-bond acceptors (Lipinski definition) is 5. The van der Waals surface area contributed by atoms with Gasteiger partial charge in [0.05, 0.1) is 11.6 Å². The van der Waals surface area contributed by atoms with Crippen LogP contribution in [0.1, 0.15) is 32.1 Å². The van der Waals surface area contributed by atoms with Crippen molar-refractivity contribution >= 4 is 27.7 Å². The summed E-state index contributed by atoms with van der Waals surface area (Å²) in [5, 5.41) is 19.4. The minimum absolute atomic E-state index is 0.0919. The summed E-state index contributed by atoms with van der Waals surface area (Å²) in [5.74, 6) is 0.790. The monoisotopic (exact) mass is 439 g/mol. The molecule has 0 radical (unpaired) electrons. The number of nitrogens with zero attached hydrogens (tertiary/aromatic N) is 5. The number of benzene rings is 2. The summed E-state index contributed by atoms with van der Waals surface area (Å²) in [6.07, 6.45) is 4.58. The molecule has 2 aromatic carbocycles. The summed E-state index contributed by atoms with van der Waals surface area (Å²) in [5.41, 5.74) is 4.15. The van der Waals surface area contributed by atoms with Gasteiger partial charge in [-0.3, -0.25) is 9.78 Å². The van der Waals surface area contributed by atoms with Crippen LogP contribution in [-0.4, -0.2) is 36.1 Å². The Morgan fingerprint density at radius 1 is 1.06 bits per heavy atom. The van der Waals surface area contributed by atoms with Gasteiger partial charge in [-0.1, -0.05) is 43.3 Å². The molecule has 1 amide bonds. The third-order valence-electron chi connectivity index (χ3n) is 5.72. The van der Waals surface area contributed by atoms with Crippen LogP contribution in [0, 0.1) is 5.92 Å². The van der Waals surface area contributed by atoms with Gasteiger partial charge in [-0.15, -0.1) is 10.2 Å². The van der Waals surface area contributed by atoms with E-state index < -0.39 is 0 Å². The lowest BCUT2D eigenvalue weighted by molar-refractivity contribution is -0.122. The lowest BCUT2D eigenvalue weighted by Crippen LogP contribution is -2.32. The molecule has 166 valence electrons. The van der Waals surface area contributed by atoms with Crippen molar-refractivity contribution in [2.45, 2.75) is 32.9 Å². The molecule has 0 saturated heterocycles. The number of fused-ring (bicyclic) bond motifs is 2. The highest BCUT2D eigenvalue weighted by atomic mass is 16.2. The number of para-hydroxylation sites is 1. The number of aromatic amines is 1. The summed E-state index contributed by atoms with van der Waals surface area (Å²) in [7, 11) is 0. The highest BCUT2D eigenvalue weighted by Gasteiger charge is 2.20. The number of rotatable bonds is 7. The minimum Gasteiger partial charge on any atom is -0.344 e. The van der Waals surface area contributed by atoms with Crippen LogP contribution in [-0.2, 0) is 11.3 Å². The maximum absolute atomic E-state index is 12.8. The van der Waals surface area contributed by atoms with E-state index in [9.17, 15) is 4.79 Å². The topological polar surface area (TPSA) is 101 Å². The van der Waals surface area contributed by atoms with Crippen LogP contribution in [0.25, 0.3) is 32.9 Å². The standard InChI is InChI=1S/C25H25N7O/c1-16(2)11-22(25-28-30-31-29-25)27-24(33)15-32-10-9-19-12-17(7-8-23(19)32)20-13-18-5-3-4-6-21(18)26-14-20/h3-10,12-14,16,22H,11,15H2,1-2H3,(H,27,33)(H,28,29,30,31)/t22-/m0/s1. The lowest BCUT2D eigenvalue weighted by Gasteiger charge is -2.17. The Morgan fingerprint density at radius 3 is 2.73 bits per heavy atom. The summed E-state index contributed by atoms with van der Waals surface area (Å²) in [6, 6.07) is 18.3. The maximum Gasteiger partial charge on any atom is 0.240 e. The van der Waals surface area contributed by atoms with Gasteiger partial charge in [-0.05, 0) is 48.2 Å². The van der Waals surface area contributed by atoms with Crippen molar-refractivity contribution in [1.82, 2.24) is 35.5 Å². The fourth-order valence-corrected chi connectivity index (χ4v) is 4.16. The fourth-order valence-electron chi connectivity index (χ4n) is 4.16. The third kappa shape index (κ3) is 4.45. The largest absolute Gasteiger partial charge is 0.344 e. The van der Waals surface area contributed by atoms with E-state index in [2.05, 4.69) is 75.1 Å². The summed E-state index contributed by atoms with van der Waals surface area (Å²) in [4.78, 5) is 17.4. The molecule has 5 rings (SSSR count). The van der Waals surface area contributed by atoms with E-state index in [1.807, 2.05) is 41.2 Å². The molecule has 1 atom stereocenters. The van der Waals surface area contributed by atoms with Gasteiger partial charge in [0.15, 0.2) is 5.82 Å². The van der Waals surface area contributed by atoms with Crippen LogP contribution >= 0.6 is 0 Å². The minimum atomic E-state index is -0.273. The average Bonchev–Trinajstić information content (AvgIpc) is 3.48. The van der Waals surface area contributed by atoms with Gasteiger partial charge in [-0.25, -0.2) is 0 Å². The fraction of sp³-hybridized carbons (Fsp3) is 0.240. The number of tetrazole rings is 1. The number of carbonyl (C=O) groups is 1. The van der Waals surface area contributed by atoms with Crippen molar-refractivity contribution in [2.75, 3.05) is 0 Å². The van der Waals surface area contributed by atoms with Crippen molar-refractivity contribution in [2.24, 2.45) is 5.92 Å². The van der Waals surface area contributed by atoms with Crippen molar-refractivity contribution in [3.63, 3.8) is 0 Å². The predicted molar refractivity (Wildman–Crippen MR) is 127 cm³/mol. The Labute approximate surface area is 191 Å². The molecule has 3 aromatic heterocycles. The molecule has 0 unspecified atom stereocenters. The highest BCUT2D eigenvalue weighted by Crippen LogP contribution is 2.27. The molecule has 3 heterocycles. The van der Waals surface area contributed by atoms with Gasteiger partial charge < -0.3 is 9.88 Å². The van der Waals surface area contributed by atoms with Crippen molar-refractivity contribution in [3.05, 3.63) is 72.8 Å². The molecule has 2 N–H and O–H groups in total. The molecule has 0 spiro atoms. The number of carbonyl (C=O) groups excluding carboxylic acids is 1. The Balaban J connectivity index is 1.35. The maximum atomic E-state index is 12.8. The number of nitrogens with one attached hydrogen (secondary N) is 2. The molecule has 0 aliphatic carbocycles. The average molecular weight is 440 g/mol. The summed E-state index contributed by atoms with van der Waals surface area (Å²) < 4.78 is 1.95. The first-order valence-electron chi connectivity index (χ1n) is 11.0. The van der Waals surface area contributed by atoms with Gasteiger partial charge in [-0.2, -0.15) is 5.21 Å². The first kappa shape index (κ1) is 20.8. The van der Waals surface area contributed by atoms with E-state index in [-0.39, 0.29) is 18.5 Å². The molecule has 0 saturated carbocycles.